The lowest BCUT2D eigenvalue weighted by molar-refractivity contribution is -0.384. The molecule has 0 saturated carbocycles. The topological polar surface area (TPSA) is 85.0 Å². The first kappa shape index (κ1) is 23.6. The summed E-state index contributed by atoms with van der Waals surface area (Å²) in [4.78, 5) is 31.2. The molecule has 2 unspecified atom stereocenters. The van der Waals surface area contributed by atoms with Crippen molar-refractivity contribution >= 4 is 51.8 Å². The number of hydrogen-bond donors (Lipinski definition) is 0. The summed E-state index contributed by atoms with van der Waals surface area (Å²) >= 11 is 13.5. The van der Waals surface area contributed by atoms with Gasteiger partial charge in [-0.3, -0.25) is 10.1 Å². The normalized spacial score (nSPS) is 22.0. The summed E-state index contributed by atoms with van der Waals surface area (Å²) in [7, 11) is 1.35. The van der Waals surface area contributed by atoms with Gasteiger partial charge in [-0.25, -0.2) is 9.79 Å². The first-order chi connectivity index (χ1) is 15.6. The molecule has 2 aliphatic heterocycles. The summed E-state index contributed by atoms with van der Waals surface area (Å²) in [6.07, 6.45) is 0. The van der Waals surface area contributed by atoms with Crippen LogP contribution < -0.4 is 0 Å². The lowest BCUT2D eigenvalue weighted by Crippen LogP contribution is -2.36. The van der Waals surface area contributed by atoms with Crippen LogP contribution in [-0.2, 0) is 15.1 Å². The molecule has 10 heteroatoms. The minimum Gasteiger partial charge on any atom is -0.465 e. The van der Waals surface area contributed by atoms with E-state index >= 15 is 0 Å². The molecule has 0 bridgehead atoms. The number of fused-ring (bicyclic) bond motifs is 1. The Morgan fingerprint density at radius 2 is 1.91 bits per heavy atom. The van der Waals surface area contributed by atoms with Crippen LogP contribution in [0.5, 0.6) is 0 Å². The molecule has 2 heterocycles. The number of esters is 1. The van der Waals surface area contributed by atoms with Gasteiger partial charge in [0, 0.05) is 16.8 Å². The van der Waals surface area contributed by atoms with Crippen LogP contribution in [-0.4, -0.2) is 28.1 Å². The van der Waals surface area contributed by atoms with Gasteiger partial charge in [0.25, 0.3) is 5.69 Å². The van der Waals surface area contributed by atoms with Gasteiger partial charge in [-0.1, -0.05) is 55.2 Å². The summed E-state index contributed by atoms with van der Waals surface area (Å²) in [6, 6.07) is 11.8. The number of ether oxygens (including phenoxy) is 1. The second kappa shape index (κ2) is 8.66. The summed E-state index contributed by atoms with van der Waals surface area (Å²) in [5, 5.41) is 12.9. The van der Waals surface area contributed by atoms with Crippen molar-refractivity contribution in [3.05, 3.63) is 84.4 Å². The minimum atomic E-state index is -0.896. The number of halogens is 2. The van der Waals surface area contributed by atoms with E-state index in [1.807, 2.05) is 37.8 Å². The number of benzene rings is 2. The summed E-state index contributed by atoms with van der Waals surface area (Å²) in [6.45, 7) is 5.94. The first-order valence-electron chi connectivity index (χ1n) is 10.2. The maximum Gasteiger partial charge on any atom is 0.346 e. The fraction of sp³-hybridized carbons (Fsp3) is 0.304. The van der Waals surface area contributed by atoms with E-state index in [-0.39, 0.29) is 22.7 Å². The average molecular weight is 506 g/mol. The van der Waals surface area contributed by atoms with Gasteiger partial charge in [0.2, 0.25) is 0 Å². The van der Waals surface area contributed by atoms with Crippen LogP contribution in [0.2, 0.25) is 10.0 Å². The zero-order chi connectivity index (χ0) is 24.1. The molecule has 7 nitrogen and oxygen atoms in total. The van der Waals surface area contributed by atoms with E-state index in [4.69, 9.17) is 32.9 Å². The monoisotopic (exact) mass is 505 g/mol. The van der Waals surface area contributed by atoms with Gasteiger partial charge in [-0.2, -0.15) is 0 Å². The third-order valence-corrected chi connectivity index (χ3v) is 7.46. The molecule has 0 spiro atoms. The number of nitro benzene ring substituents is 1. The van der Waals surface area contributed by atoms with Crippen molar-refractivity contribution in [3.8, 4) is 0 Å². The smallest absolute Gasteiger partial charge is 0.346 e. The number of hydrogen-bond acceptors (Lipinski definition) is 7. The van der Waals surface area contributed by atoms with E-state index in [0.29, 0.717) is 20.7 Å². The highest BCUT2D eigenvalue weighted by Gasteiger charge is 2.53. The lowest BCUT2D eigenvalue weighted by atomic mass is 9.81. The second-order valence-electron chi connectivity index (χ2n) is 8.25. The molecule has 4 rings (SSSR count). The van der Waals surface area contributed by atoms with Crippen molar-refractivity contribution < 1.29 is 14.5 Å². The molecular formula is C23H21Cl2N3O4S. The number of nitro groups is 1. The lowest BCUT2D eigenvalue weighted by Gasteiger charge is -2.37. The highest BCUT2D eigenvalue weighted by atomic mass is 35.5. The SMILES string of the molecule is COC(=O)C1=C(C(C)C)N2C(=NC(C)(c3ccc(Cl)c([N+](=O)[O-])c3)C2c2ccc(Cl)cc2)S1. The molecule has 0 radical (unpaired) electrons. The number of aliphatic imine (C=N–C) groups is 1. The predicted molar refractivity (Wildman–Crippen MR) is 130 cm³/mol. The van der Waals surface area contributed by atoms with Crippen LogP contribution in [0.3, 0.4) is 0 Å². The van der Waals surface area contributed by atoms with Gasteiger partial charge in [0.05, 0.1) is 18.1 Å². The van der Waals surface area contributed by atoms with Crippen molar-refractivity contribution in [2.45, 2.75) is 32.4 Å². The molecule has 0 aliphatic carbocycles. The van der Waals surface area contributed by atoms with Crippen molar-refractivity contribution in [1.29, 1.82) is 0 Å². The number of allylic oxidation sites excluding steroid dienone is 1. The van der Waals surface area contributed by atoms with Gasteiger partial charge in [0.15, 0.2) is 5.17 Å². The molecule has 0 saturated heterocycles. The fourth-order valence-electron chi connectivity index (χ4n) is 4.33. The van der Waals surface area contributed by atoms with Crippen molar-refractivity contribution in [1.82, 2.24) is 4.90 Å². The Morgan fingerprint density at radius 1 is 1.24 bits per heavy atom. The number of carbonyl (C=O) groups is 1. The third kappa shape index (κ3) is 3.90. The molecule has 2 atom stereocenters. The largest absolute Gasteiger partial charge is 0.465 e. The average Bonchev–Trinajstić information content (AvgIpc) is 3.26. The molecule has 0 fully saturated rings. The number of rotatable bonds is 5. The zero-order valence-electron chi connectivity index (χ0n) is 18.3. The van der Waals surface area contributed by atoms with Crippen molar-refractivity contribution in [3.63, 3.8) is 0 Å². The van der Waals surface area contributed by atoms with E-state index in [0.717, 1.165) is 11.3 Å². The molecule has 172 valence electrons. The highest BCUT2D eigenvalue weighted by Crippen LogP contribution is 2.56. The van der Waals surface area contributed by atoms with E-state index < -0.39 is 16.4 Å². The number of amidine groups is 1. The number of methoxy groups -OCH3 is 1. The molecular weight excluding hydrogens is 485 g/mol. The van der Waals surface area contributed by atoms with Gasteiger partial charge in [-0.05, 0) is 53.9 Å². The van der Waals surface area contributed by atoms with Crippen LogP contribution in [0.4, 0.5) is 5.69 Å². The molecule has 33 heavy (non-hydrogen) atoms. The maximum absolute atomic E-state index is 12.5. The minimum absolute atomic E-state index is 0.00370. The number of nitrogens with zero attached hydrogens (tertiary/aromatic N) is 3. The Hall–Kier alpha value is -2.55. The predicted octanol–water partition coefficient (Wildman–Crippen LogP) is 6.32. The molecule has 0 aromatic heterocycles. The zero-order valence-corrected chi connectivity index (χ0v) is 20.7. The first-order valence-corrected chi connectivity index (χ1v) is 11.7. The van der Waals surface area contributed by atoms with Crippen molar-refractivity contribution in [2.24, 2.45) is 10.9 Å². The summed E-state index contributed by atoms with van der Waals surface area (Å²) in [5.41, 5.74) is 1.28. The number of carbonyl (C=O) groups excluding carboxylic acids is 1. The Morgan fingerprint density at radius 3 is 2.48 bits per heavy atom. The Bertz CT molecular complexity index is 1210. The third-order valence-electron chi connectivity index (χ3n) is 5.84. The standard InChI is InChI=1S/C23H21Cl2N3O4S/c1-12(2)18-19(21(29)32-4)33-22-26-23(3,14-7-10-16(25)17(11-14)28(30)31)20(27(18)22)13-5-8-15(24)9-6-13/h5-12,20H,1-4H3. The fourth-order valence-corrected chi connectivity index (χ4v) is 5.97. The molecule has 0 amide bonds. The van der Waals surface area contributed by atoms with Gasteiger partial charge >= 0.3 is 5.97 Å². The maximum atomic E-state index is 12.5. The molecule has 2 aromatic carbocycles. The van der Waals surface area contributed by atoms with E-state index in [2.05, 4.69) is 0 Å². The van der Waals surface area contributed by atoms with E-state index in [1.165, 1.54) is 31.0 Å². The Balaban J connectivity index is 1.94. The van der Waals surface area contributed by atoms with Gasteiger partial charge in [0.1, 0.15) is 15.5 Å². The molecule has 2 aromatic rings. The van der Waals surface area contributed by atoms with Crippen LogP contribution in [0.1, 0.15) is 37.9 Å². The van der Waals surface area contributed by atoms with Crippen molar-refractivity contribution in [2.75, 3.05) is 7.11 Å². The second-order valence-corrected chi connectivity index (χ2v) is 10.1. The van der Waals surface area contributed by atoms with Crippen LogP contribution in [0.25, 0.3) is 0 Å². The highest BCUT2D eigenvalue weighted by molar-refractivity contribution is 8.18. The van der Waals surface area contributed by atoms with E-state index in [9.17, 15) is 14.9 Å². The Kier molecular flexibility index (Phi) is 6.20. The van der Waals surface area contributed by atoms with Crippen LogP contribution >= 0.6 is 35.0 Å². The van der Waals surface area contributed by atoms with E-state index in [1.54, 1.807) is 18.2 Å². The van der Waals surface area contributed by atoms with Crippen LogP contribution in [0, 0.1) is 16.0 Å². The summed E-state index contributed by atoms with van der Waals surface area (Å²) in [5.74, 6) is -0.421. The molecule has 2 aliphatic rings. The van der Waals surface area contributed by atoms with Gasteiger partial charge < -0.3 is 9.64 Å². The van der Waals surface area contributed by atoms with Crippen LogP contribution in [0.15, 0.2) is 58.1 Å². The quantitative estimate of drug-likeness (QED) is 0.268. The molecule has 0 N–H and O–H groups in total. The number of thioether (sulfide) groups is 1. The Labute approximate surface area is 205 Å². The van der Waals surface area contributed by atoms with Gasteiger partial charge in [-0.15, -0.1) is 0 Å². The summed E-state index contributed by atoms with van der Waals surface area (Å²) < 4.78 is 5.02.